The Morgan fingerprint density at radius 3 is 2.13 bits per heavy atom. The van der Waals surface area contributed by atoms with Crippen molar-refractivity contribution in [2.45, 2.75) is 11.3 Å². The van der Waals surface area contributed by atoms with Crippen LogP contribution in [-0.2, 0) is 16.4 Å². The summed E-state index contributed by atoms with van der Waals surface area (Å²) in [6, 6.07) is 18.0. The van der Waals surface area contributed by atoms with Crippen LogP contribution in [0.1, 0.15) is 11.1 Å². The molecule has 2 aromatic carbocycles. The van der Waals surface area contributed by atoms with Crippen molar-refractivity contribution in [3.05, 3.63) is 90.4 Å². The van der Waals surface area contributed by atoms with Crippen LogP contribution >= 0.6 is 0 Å². The fourth-order valence-electron chi connectivity index (χ4n) is 3.07. The molecule has 2 aromatic heterocycles. The first-order chi connectivity index (χ1) is 14.9. The summed E-state index contributed by atoms with van der Waals surface area (Å²) in [5.74, 6) is 0.638. The van der Waals surface area contributed by atoms with Crippen molar-refractivity contribution in [2.75, 3.05) is 11.1 Å². The summed E-state index contributed by atoms with van der Waals surface area (Å²) in [5.41, 5.74) is 10.8. The lowest BCUT2D eigenvalue weighted by Gasteiger charge is -2.10. The van der Waals surface area contributed by atoms with Crippen LogP contribution in [0.4, 0.5) is 17.5 Å². The van der Waals surface area contributed by atoms with E-state index in [0.29, 0.717) is 17.5 Å². The van der Waals surface area contributed by atoms with Gasteiger partial charge in [-0.15, -0.1) is 0 Å². The molecular formula is C22H20N6O2S. The van der Waals surface area contributed by atoms with Gasteiger partial charge in [0.2, 0.25) is 16.0 Å². The molecule has 0 atom stereocenters. The molecular weight excluding hydrogens is 412 g/mol. The van der Waals surface area contributed by atoms with Gasteiger partial charge in [0, 0.05) is 29.8 Å². The number of nitrogens with zero attached hydrogens (tertiary/aromatic N) is 3. The Labute approximate surface area is 180 Å². The molecule has 0 radical (unpaired) electrons. The molecule has 5 N–H and O–H groups in total. The smallest absolute Gasteiger partial charge is 0.238 e. The molecule has 0 aliphatic heterocycles. The molecule has 156 valence electrons. The molecule has 0 aliphatic rings. The summed E-state index contributed by atoms with van der Waals surface area (Å²) in [4.78, 5) is 12.7. The van der Waals surface area contributed by atoms with E-state index in [-0.39, 0.29) is 4.90 Å². The lowest BCUT2D eigenvalue weighted by molar-refractivity contribution is 0.598. The average Bonchev–Trinajstić information content (AvgIpc) is 2.75. The largest absolute Gasteiger partial charge is 0.383 e. The molecule has 31 heavy (non-hydrogen) atoms. The third-order valence-electron chi connectivity index (χ3n) is 4.68. The van der Waals surface area contributed by atoms with Crippen molar-refractivity contribution < 1.29 is 8.42 Å². The number of anilines is 3. The highest BCUT2D eigenvalue weighted by molar-refractivity contribution is 7.89. The van der Waals surface area contributed by atoms with Gasteiger partial charge in [-0.1, -0.05) is 24.3 Å². The van der Waals surface area contributed by atoms with Gasteiger partial charge in [0.15, 0.2) is 0 Å². The number of nitrogens with two attached hydrogens (primary N) is 2. The molecule has 4 rings (SSSR count). The second-order valence-electron chi connectivity index (χ2n) is 6.92. The van der Waals surface area contributed by atoms with E-state index in [4.69, 9.17) is 10.9 Å². The summed E-state index contributed by atoms with van der Waals surface area (Å²) >= 11 is 0. The van der Waals surface area contributed by atoms with Crippen LogP contribution in [0.15, 0.2) is 84.1 Å². The van der Waals surface area contributed by atoms with Gasteiger partial charge < -0.3 is 11.1 Å². The first kappa shape index (κ1) is 20.5. The number of aromatic nitrogens is 3. The third kappa shape index (κ3) is 5.03. The number of nitrogens with one attached hydrogen (secondary N) is 1. The summed E-state index contributed by atoms with van der Waals surface area (Å²) in [5, 5.41) is 8.10. The lowest BCUT2D eigenvalue weighted by atomic mass is 10.0. The minimum atomic E-state index is -3.74. The molecule has 0 saturated heterocycles. The summed E-state index contributed by atoms with van der Waals surface area (Å²) in [6.07, 6.45) is 6.04. The first-order valence-corrected chi connectivity index (χ1v) is 10.9. The number of hydrogen-bond acceptors (Lipinski definition) is 7. The number of nitrogen functional groups attached to an aromatic ring is 1. The van der Waals surface area contributed by atoms with Crippen molar-refractivity contribution in [3.63, 3.8) is 0 Å². The van der Waals surface area contributed by atoms with Gasteiger partial charge in [-0.2, -0.15) is 4.98 Å². The molecule has 0 unspecified atom stereocenters. The zero-order valence-electron chi connectivity index (χ0n) is 16.4. The topological polar surface area (TPSA) is 137 Å². The quantitative estimate of drug-likeness (QED) is 0.426. The molecule has 0 spiro atoms. The predicted molar refractivity (Wildman–Crippen MR) is 120 cm³/mol. The highest BCUT2D eigenvalue weighted by Crippen LogP contribution is 2.26. The highest BCUT2D eigenvalue weighted by Gasteiger charge is 2.09. The average molecular weight is 433 g/mol. The van der Waals surface area contributed by atoms with Gasteiger partial charge in [0.05, 0.1) is 4.90 Å². The lowest BCUT2D eigenvalue weighted by Crippen LogP contribution is -2.11. The number of sulfonamides is 1. The molecule has 0 saturated carbocycles. The van der Waals surface area contributed by atoms with Crippen molar-refractivity contribution in [2.24, 2.45) is 5.14 Å². The summed E-state index contributed by atoms with van der Waals surface area (Å²) in [6.45, 7) is 0. The maximum Gasteiger partial charge on any atom is 0.238 e. The summed E-state index contributed by atoms with van der Waals surface area (Å²) < 4.78 is 22.7. The molecule has 0 amide bonds. The number of benzene rings is 2. The molecule has 8 nitrogen and oxygen atoms in total. The Balaban J connectivity index is 1.48. The zero-order chi connectivity index (χ0) is 21.8. The molecule has 4 aromatic rings. The number of primary sulfonamides is 1. The van der Waals surface area contributed by atoms with Crippen LogP contribution in [0.5, 0.6) is 0 Å². The van der Waals surface area contributed by atoms with Gasteiger partial charge in [-0.3, -0.25) is 4.98 Å². The Morgan fingerprint density at radius 2 is 1.52 bits per heavy atom. The molecule has 0 aliphatic carbocycles. The van der Waals surface area contributed by atoms with Crippen molar-refractivity contribution >= 4 is 27.5 Å². The van der Waals surface area contributed by atoms with Gasteiger partial charge in [-0.05, 0) is 59.5 Å². The van der Waals surface area contributed by atoms with E-state index in [1.54, 1.807) is 30.7 Å². The van der Waals surface area contributed by atoms with Crippen LogP contribution in [0.25, 0.3) is 11.1 Å². The Kier molecular flexibility index (Phi) is 5.61. The van der Waals surface area contributed by atoms with Gasteiger partial charge in [0.25, 0.3) is 0 Å². The predicted octanol–water partition coefficient (Wildman–Crippen LogP) is 3.10. The Hall–Kier alpha value is -3.82. The van der Waals surface area contributed by atoms with E-state index < -0.39 is 10.0 Å². The number of pyridine rings is 1. The fraction of sp³-hybridized carbons (Fsp3) is 0.0455. The van der Waals surface area contributed by atoms with E-state index in [1.807, 2.05) is 24.3 Å². The maximum absolute atomic E-state index is 11.3. The Bertz CT molecular complexity index is 1290. The highest BCUT2D eigenvalue weighted by atomic mass is 32.2. The second kappa shape index (κ2) is 8.50. The second-order valence-corrected chi connectivity index (χ2v) is 8.48. The van der Waals surface area contributed by atoms with Crippen LogP contribution < -0.4 is 16.2 Å². The zero-order valence-corrected chi connectivity index (χ0v) is 17.3. The minimum Gasteiger partial charge on any atom is -0.383 e. The molecule has 2 heterocycles. The van der Waals surface area contributed by atoms with E-state index in [0.717, 1.165) is 17.5 Å². The van der Waals surface area contributed by atoms with Crippen molar-refractivity contribution in [3.8, 4) is 11.1 Å². The van der Waals surface area contributed by atoms with E-state index in [2.05, 4.69) is 32.4 Å². The normalized spacial score (nSPS) is 11.3. The maximum atomic E-state index is 11.3. The van der Waals surface area contributed by atoms with E-state index >= 15 is 0 Å². The van der Waals surface area contributed by atoms with Crippen molar-refractivity contribution in [1.82, 2.24) is 15.0 Å². The van der Waals surface area contributed by atoms with Gasteiger partial charge in [-0.25, -0.2) is 18.5 Å². The van der Waals surface area contributed by atoms with E-state index in [1.165, 1.54) is 23.3 Å². The summed E-state index contributed by atoms with van der Waals surface area (Å²) in [7, 11) is -3.74. The third-order valence-corrected chi connectivity index (χ3v) is 5.61. The van der Waals surface area contributed by atoms with E-state index in [9.17, 15) is 8.42 Å². The first-order valence-electron chi connectivity index (χ1n) is 9.39. The molecule has 0 bridgehead atoms. The SMILES string of the molecule is Nc1nc(Nc2ccc(S(N)(=O)=O)cc2)ncc1-c1ccc(Cc2ccncc2)cc1. The number of rotatable bonds is 6. The van der Waals surface area contributed by atoms with Crippen LogP contribution in [-0.4, -0.2) is 23.4 Å². The van der Waals surface area contributed by atoms with Crippen LogP contribution in [0, 0.1) is 0 Å². The number of hydrogen-bond donors (Lipinski definition) is 3. The minimum absolute atomic E-state index is 0.0289. The monoisotopic (exact) mass is 432 g/mol. The Morgan fingerprint density at radius 1 is 0.871 bits per heavy atom. The molecule has 9 heteroatoms. The van der Waals surface area contributed by atoms with Crippen molar-refractivity contribution in [1.29, 1.82) is 0 Å². The fourth-order valence-corrected chi connectivity index (χ4v) is 3.59. The standard InChI is InChI=1S/C22H20N6O2S/c23-21-20(17-3-1-15(2-4-17)13-16-9-11-25-12-10-16)14-26-22(28-21)27-18-5-7-19(8-6-18)31(24,29)30/h1-12,14H,13H2,(H2,24,29,30)(H3,23,26,27,28). The van der Waals surface area contributed by atoms with Crippen LogP contribution in [0.3, 0.4) is 0 Å². The van der Waals surface area contributed by atoms with Gasteiger partial charge >= 0.3 is 0 Å². The molecule has 0 fully saturated rings. The van der Waals surface area contributed by atoms with Gasteiger partial charge in [0.1, 0.15) is 5.82 Å². The van der Waals surface area contributed by atoms with Crippen LogP contribution in [0.2, 0.25) is 0 Å².